The summed E-state index contributed by atoms with van der Waals surface area (Å²) >= 11 is 0. The molecule has 1 aromatic carbocycles. The van der Waals surface area contributed by atoms with E-state index in [4.69, 9.17) is 0 Å². The zero-order valence-electron chi connectivity index (χ0n) is 11.3. The average Bonchev–Trinajstić information content (AvgIpc) is 2.34. The van der Waals surface area contributed by atoms with Crippen LogP contribution < -0.4 is 5.32 Å². The van der Waals surface area contributed by atoms with Crippen LogP contribution in [0.25, 0.3) is 0 Å². The Bertz CT molecular complexity index is 623. The Hall–Kier alpha value is -1.93. The molecular formula is C12H15NO6S. The van der Waals surface area contributed by atoms with Gasteiger partial charge in [-0.25, -0.2) is 4.79 Å². The third-order valence-corrected chi connectivity index (χ3v) is 2.79. The predicted octanol–water partition coefficient (Wildman–Crippen LogP) is 0.908. The maximum atomic E-state index is 11.5. The van der Waals surface area contributed by atoms with Crippen LogP contribution in [0.4, 0.5) is 5.69 Å². The summed E-state index contributed by atoms with van der Waals surface area (Å²) in [6.07, 6.45) is 0.935. The molecule has 0 unspecified atom stereocenters. The van der Waals surface area contributed by atoms with Gasteiger partial charge in [-0.15, -0.1) is 0 Å². The lowest BCUT2D eigenvalue weighted by atomic mass is 10.1. The summed E-state index contributed by atoms with van der Waals surface area (Å²) in [5.74, 6) is -0.972. The quantitative estimate of drug-likeness (QED) is 0.641. The number of hydrogen-bond acceptors (Lipinski definition) is 6. The number of carbonyl (C=O) groups excluding carboxylic acids is 2. The smallest absolute Gasteiger partial charge is 0.339 e. The molecule has 0 heterocycles. The van der Waals surface area contributed by atoms with Gasteiger partial charge in [0, 0.05) is 6.92 Å². The molecule has 8 heteroatoms. The Balaban J connectivity index is 3.07. The van der Waals surface area contributed by atoms with Gasteiger partial charge in [-0.1, -0.05) is 6.07 Å². The first kappa shape index (κ1) is 16.1. The summed E-state index contributed by atoms with van der Waals surface area (Å²) in [7, 11) is -2.35. The van der Waals surface area contributed by atoms with Crippen molar-refractivity contribution in [2.75, 3.05) is 18.7 Å². The van der Waals surface area contributed by atoms with E-state index < -0.39 is 16.1 Å². The maximum Gasteiger partial charge on any atom is 0.339 e. The van der Waals surface area contributed by atoms with Crippen molar-refractivity contribution in [2.45, 2.75) is 13.5 Å². The van der Waals surface area contributed by atoms with Crippen molar-refractivity contribution in [3.8, 4) is 0 Å². The lowest BCUT2D eigenvalue weighted by molar-refractivity contribution is -0.114. The van der Waals surface area contributed by atoms with Crippen molar-refractivity contribution in [1.29, 1.82) is 0 Å². The third kappa shape index (κ3) is 4.98. The highest BCUT2D eigenvalue weighted by Crippen LogP contribution is 2.20. The average molecular weight is 301 g/mol. The summed E-state index contributed by atoms with van der Waals surface area (Å²) < 4.78 is 31.1. The van der Waals surface area contributed by atoms with E-state index in [1.807, 2.05) is 0 Å². The van der Waals surface area contributed by atoms with Gasteiger partial charge in [0.2, 0.25) is 5.91 Å². The second-order valence-corrected chi connectivity index (χ2v) is 5.66. The fourth-order valence-corrected chi connectivity index (χ4v) is 1.79. The molecule has 0 aliphatic heterocycles. The third-order valence-electron chi connectivity index (χ3n) is 2.24. The number of esters is 1. The van der Waals surface area contributed by atoms with Gasteiger partial charge in [-0.05, 0) is 17.7 Å². The molecule has 1 aromatic rings. The molecule has 0 radical (unpaired) electrons. The van der Waals surface area contributed by atoms with Gasteiger partial charge >= 0.3 is 5.97 Å². The number of amides is 1. The molecule has 0 bridgehead atoms. The van der Waals surface area contributed by atoms with Crippen molar-refractivity contribution in [3.05, 3.63) is 29.3 Å². The topological polar surface area (TPSA) is 98.8 Å². The van der Waals surface area contributed by atoms with E-state index in [0.29, 0.717) is 5.56 Å². The number of carbonyl (C=O) groups is 2. The summed E-state index contributed by atoms with van der Waals surface area (Å²) in [5, 5.41) is 2.48. The molecule has 1 amide bonds. The van der Waals surface area contributed by atoms with Gasteiger partial charge < -0.3 is 10.1 Å². The van der Waals surface area contributed by atoms with Crippen LogP contribution in [0.3, 0.4) is 0 Å². The highest BCUT2D eigenvalue weighted by Gasteiger charge is 2.14. The van der Waals surface area contributed by atoms with Crippen LogP contribution in [0.1, 0.15) is 22.8 Å². The second-order valence-electron chi connectivity index (χ2n) is 4.02. The Kier molecular flexibility index (Phi) is 5.23. The normalized spacial score (nSPS) is 10.9. The number of nitrogens with one attached hydrogen (secondary N) is 1. The van der Waals surface area contributed by atoms with Gasteiger partial charge in [0.15, 0.2) is 0 Å². The number of anilines is 1. The van der Waals surface area contributed by atoms with Crippen molar-refractivity contribution in [1.82, 2.24) is 0 Å². The highest BCUT2D eigenvalue weighted by molar-refractivity contribution is 7.85. The van der Waals surface area contributed by atoms with E-state index >= 15 is 0 Å². The first-order chi connectivity index (χ1) is 9.23. The van der Waals surface area contributed by atoms with Gasteiger partial charge in [0.05, 0.1) is 31.2 Å². The molecule has 7 nitrogen and oxygen atoms in total. The number of rotatable bonds is 5. The summed E-state index contributed by atoms with van der Waals surface area (Å²) in [5.41, 5.74) is 0.900. The van der Waals surface area contributed by atoms with Crippen molar-refractivity contribution < 1.29 is 26.9 Å². The zero-order valence-corrected chi connectivity index (χ0v) is 12.1. The molecule has 0 spiro atoms. The largest absolute Gasteiger partial charge is 0.465 e. The van der Waals surface area contributed by atoms with E-state index in [1.165, 1.54) is 32.2 Å². The lowest BCUT2D eigenvalue weighted by Crippen LogP contribution is -2.13. The van der Waals surface area contributed by atoms with Gasteiger partial charge in [0.1, 0.15) is 0 Å². The van der Waals surface area contributed by atoms with Crippen LogP contribution in [0.2, 0.25) is 0 Å². The molecule has 110 valence electrons. The first-order valence-corrected chi connectivity index (χ1v) is 7.38. The Labute approximate surface area is 117 Å². The van der Waals surface area contributed by atoms with Gasteiger partial charge in [-0.3, -0.25) is 8.98 Å². The fourth-order valence-electron chi connectivity index (χ4n) is 1.44. The van der Waals surface area contributed by atoms with E-state index in [9.17, 15) is 18.0 Å². The Morgan fingerprint density at radius 2 is 1.95 bits per heavy atom. The minimum absolute atomic E-state index is 0.172. The van der Waals surface area contributed by atoms with Gasteiger partial charge in [0.25, 0.3) is 10.1 Å². The Morgan fingerprint density at radius 1 is 1.30 bits per heavy atom. The number of hydrogen-bond donors (Lipinski definition) is 1. The zero-order chi connectivity index (χ0) is 15.3. The van der Waals surface area contributed by atoms with Crippen molar-refractivity contribution in [2.24, 2.45) is 0 Å². The molecule has 0 saturated carbocycles. The second kappa shape index (κ2) is 6.49. The fraction of sp³-hybridized carbons (Fsp3) is 0.333. The molecule has 1 N–H and O–H groups in total. The molecule has 0 aliphatic carbocycles. The first-order valence-electron chi connectivity index (χ1n) is 5.56. The number of methoxy groups -OCH3 is 1. The van der Waals surface area contributed by atoms with E-state index in [2.05, 4.69) is 14.2 Å². The highest BCUT2D eigenvalue weighted by atomic mass is 32.2. The van der Waals surface area contributed by atoms with Crippen molar-refractivity contribution in [3.63, 3.8) is 0 Å². The van der Waals surface area contributed by atoms with Crippen molar-refractivity contribution >= 4 is 27.7 Å². The summed E-state index contributed by atoms with van der Waals surface area (Å²) in [6.45, 7) is 1.10. The molecule has 0 aliphatic rings. The SMILES string of the molecule is COC(=O)c1ccc(COS(C)(=O)=O)cc1NC(C)=O. The monoisotopic (exact) mass is 301 g/mol. The van der Waals surface area contributed by atoms with E-state index in [1.54, 1.807) is 0 Å². The standard InChI is InChI=1S/C12H15NO6S/c1-8(14)13-11-6-9(7-19-20(3,16)17)4-5-10(11)12(15)18-2/h4-6H,7H2,1-3H3,(H,13,14). The van der Waals surface area contributed by atoms with Gasteiger partial charge in [-0.2, -0.15) is 8.42 Å². The van der Waals surface area contributed by atoms with E-state index in [0.717, 1.165) is 6.26 Å². The predicted molar refractivity (Wildman–Crippen MR) is 71.7 cm³/mol. The van der Waals surface area contributed by atoms with Crippen LogP contribution in [-0.2, 0) is 30.4 Å². The van der Waals surface area contributed by atoms with Crippen LogP contribution >= 0.6 is 0 Å². The molecule has 1 rings (SSSR count). The van der Waals surface area contributed by atoms with Crippen LogP contribution in [0.5, 0.6) is 0 Å². The minimum atomic E-state index is -3.57. The Morgan fingerprint density at radius 3 is 2.45 bits per heavy atom. The minimum Gasteiger partial charge on any atom is -0.465 e. The summed E-state index contributed by atoms with van der Waals surface area (Å²) in [4.78, 5) is 22.7. The van der Waals surface area contributed by atoms with Crippen LogP contribution in [0.15, 0.2) is 18.2 Å². The molecule has 0 aromatic heterocycles. The molecule has 0 fully saturated rings. The molecular weight excluding hydrogens is 286 g/mol. The van der Waals surface area contributed by atoms with Crippen LogP contribution in [-0.4, -0.2) is 33.7 Å². The summed E-state index contributed by atoms with van der Waals surface area (Å²) in [6, 6.07) is 4.40. The molecule has 20 heavy (non-hydrogen) atoms. The maximum absolute atomic E-state index is 11.5. The van der Waals surface area contributed by atoms with Crippen LogP contribution in [0, 0.1) is 0 Å². The lowest BCUT2D eigenvalue weighted by Gasteiger charge is -2.10. The number of benzene rings is 1. The molecule has 0 saturated heterocycles. The number of ether oxygens (including phenoxy) is 1. The van der Waals surface area contributed by atoms with E-state index in [-0.39, 0.29) is 23.8 Å². The molecule has 0 atom stereocenters.